The number of hydrogen-bond donors (Lipinski definition) is 1. The molecule has 0 spiro atoms. The lowest BCUT2D eigenvalue weighted by atomic mass is 10.1. The average molecular weight is 427 g/mol. The molecule has 0 unspecified atom stereocenters. The number of carbonyl (C=O) groups excluding carboxylic acids is 3. The summed E-state index contributed by atoms with van der Waals surface area (Å²) in [6.07, 6.45) is 1.75. The minimum atomic E-state index is -0.402. The first-order valence-corrected chi connectivity index (χ1v) is 10.0. The molecule has 1 saturated heterocycles. The second-order valence-corrected chi connectivity index (χ2v) is 7.79. The van der Waals surface area contributed by atoms with E-state index in [9.17, 15) is 14.4 Å². The van der Waals surface area contributed by atoms with Crippen LogP contribution in [0.15, 0.2) is 53.4 Å². The van der Waals surface area contributed by atoms with Crippen molar-refractivity contribution in [3.8, 4) is 0 Å². The Kier molecular flexibility index (Phi) is 6.46. The fourth-order valence-electron chi connectivity index (χ4n) is 2.54. The van der Waals surface area contributed by atoms with Crippen molar-refractivity contribution in [2.24, 2.45) is 0 Å². The molecule has 0 radical (unpaired) electrons. The number of ether oxygens (including phenoxy) is 1. The third kappa shape index (κ3) is 4.90. The van der Waals surface area contributed by atoms with Crippen molar-refractivity contribution in [1.82, 2.24) is 4.90 Å². The van der Waals surface area contributed by atoms with Gasteiger partial charge in [0.25, 0.3) is 11.8 Å². The Hall–Kier alpha value is -2.97. The van der Waals surface area contributed by atoms with Crippen molar-refractivity contribution in [1.29, 1.82) is 0 Å². The van der Waals surface area contributed by atoms with Crippen LogP contribution in [-0.4, -0.2) is 40.7 Å². The van der Waals surface area contributed by atoms with Gasteiger partial charge < -0.3 is 10.1 Å². The highest BCUT2D eigenvalue weighted by Crippen LogP contribution is 2.31. The Balaban J connectivity index is 1.66. The molecule has 0 saturated carbocycles. The number of hydrogen-bond acceptors (Lipinski definition) is 6. The summed E-state index contributed by atoms with van der Waals surface area (Å²) in [6, 6.07) is 13.4. The molecule has 1 fully saturated rings. The van der Waals surface area contributed by atoms with Crippen molar-refractivity contribution < 1.29 is 19.1 Å². The maximum absolute atomic E-state index is 12.4. The monoisotopic (exact) mass is 426 g/mol. The van der Waals surface area contributed by atoms with Crippen molar-refractivity contribution in [2.45, 2.75) is 6.92 Å². The molecule has 1 aliphatic heterocycles. The Bertz CT molecular complexity index is 998. The Labute approximate surface area is 177 Å². The standard InChI is InChI=1S/C21H18N2O4S2/c1-3-27-20(26)15-8-10-16(11-9-15)22-18(24)14-6-4-13(5-7-14)12-17-19(25)23(2)21(28)29-17/h4-12H,3H2,1-2H3,(H,22,24)/b17-12-. The summed E-state index contributed by atoms with van der Waals surface area (Å²) >= 11 is 6.36. The molecule has 1 heterocycles. The van der Waals surface area contributed by atoms with E-state index < -0.39 is 5.97 Å². The number of benzene rings is 2. The fraction of sp³-hybridized carbons (Fsp3) is 0.143. The van der Waals surface area contributed by atoms with Crippen molar-refractivity contribution in [3.63, 3.8) is 0 Å². The van der Waals surface area contributed by atoms with Crippen LogP contribution in [0.25, 0.3) is 6.08 Å². The number of nitrogens with one attached hydrogen (secondary N) is 1. The minimum absolute atomic E-state index is 0.131. The molecule has 0 aliphatic carbocycles. The van der Waals surface area contributed by atoms with E-state index in [2.05, 4.69) is 5.32 Å². The Morgan fingerprint density at radius 2 is 1.72 bits per heavy atom. The van der Waals surface area contributed by atoms with E-state index in [0.29, 0.717) is 32.6 Å². The summed E-state index contributed by atoms with van der Waals surface area (Å²) in [5, 5.41) is 2.78. The van der Waals surface area contributed by atoms with E-state index in [4.69, 9.17) is 17.0 Å². The quantitative estimate of drug-likeness (QED) is 0.443. The van der Waals surface area contributed by atoms with E-state index >= 15 is 0 Å². The number of rotatable bonds is 5. The van der Waals surface area contributed by atoms with Crippen LogP contribution in [0.3, 0.4) is 0 Å². The maximum Gasteiger partial charge on any atom is 0.338 e. The molecule has 6 nitrogen and oxygen atoms in total. The third-order valence-corrected chi connectivity index (χ3v) is 5.60. The number of thiocarbonyl (C=S) groups is 1. The number of anilines is 1. The average Bonchev–Trinajstić information content (AvgIpc) is 2.96. The minimum Gasteiger partial charge on any atom is -0.462 e. The maximum atomic E-state index is 12.4. The van der Waals surface area contributed by atoms with E-state index in [-0.39, 0.29) is 11.8 Å². The molecular weight excluding hydrogens is 408 g/mol. The lowest BCUT2D eigenvalue weighted by molar-refractivity contribution is -0.121. The molecule has 148 valence electrons. The van der Waals surface area contributed by atoms with Crippen LogP contribution in [0.2, 0.25) is 0 Å². The molecule has 1 aliphatic rings. The summed E-state index contributed by atoms with van der Waals surface area (Å²) in [6.45, 7) is 2.05. The summed E-state index contributed by atoms with van der Waals surface area (Å²) in [5.41, 5.74) is 2.26. The van der Waals surface area contributed by atoms with Crippen LogP contribution in [0.1, 0.15) is 33.2 Å². The molecular formula is C21H18N2O4S2. The zero-order valence-corrected chi connectivity index (χ0v) is 17.4. The van der Waals surface area contributed by atoms with Gasteiger partial charge in [0.05, 0.1) is 17.1 Å². The number of esters is 1. The van der Waals surface area contributed by atoms with Gasteiger partial charge in [-0.25, -0.2) is 4.79 Å². The van der Waals surface area contributed by atoms with Gasteiger partial charge in [-0.1, -0.05) is 36.1 Å². The Morgan fingerprint density at radius 3 is 2.28 bits per heavy atom. The summed E-state index contributed by atoms with van der Waals surface area (Å²) in [5.74, 6) is -0.811. The molecule has 0 bridgehead atoms. The second-order valence-electron chi connectivity index (χ2n) is 6.11. The van der Waals surface area contributed by atoms with E-state index in [1.54, 1.807) is 68.6 Å². The normalized spacial score (nSPS) is 15.0. The van der Waals surface area contributed by atoms with Crippen molar-refractivity contribution in [3.05, 3.63) is 70.1 Å². The Morgan fingerprint density at radius 1 is 1.10 bits per heavy atom. The first-order chi connectivity index (χ1) is 13.9. The summed E-state index contributed by atoms with van der Waals surface area (Å²) < 4.78 is 5.45. The van der Waals surface area contributed by atoms with E-state index in [0.717, 1.165) is 5.56 Å². The van der Waals surface area contributed by atoms with Gasteiger partial charge in [-0.05, 0) is 55.0 Å². The molecule has 1 N–H and O–H groups in total. The van der Waals surface area contributed by atoms with Crippen molar-refractivity contribution in [2.75, 3.05) is 19.0 Å². The molecule has 2 aromatic carbocycles. The van der Waals surface area contributed by atoms with Gasteiger partial charge >= 0.3 is 5.97 Å². The van der Waals surface area contributed by atoms with Crippen molar-refractivity contribution >= 4 is 57.8 Å². The van der Waals surface area contributed by atoms with Crippen LogP contribution in [0.5, 0.6) is 0 Å². The van der Waals surface area contributed by atoms with Crippen LogP contribution >= 0.6 is 24.0 Å². The molecule has 2 amide bonds. The van der Waals surface area contributed by atoms with Crippen LogP contribution < -0.4 is 5.32 Å². The topological polar surface area (TPSA) is 75.7 Å². The number of nitrogens with zero attached hydrogens (tertiary/aromatic N) is 1. The van der Waals surface area contributed by atoms with Gasteiger partial charge in [0.2, 0.25) is 0 Å². The van der Waals surface area contributed by atoms with Gasteiger partial charge in [-0.3, -0.25) is 14.5 Å². The number of thioether (sulfide) groups is 1. The lowest BCUT2D eigenvalue weighted by Gasteiger charge is -2.07. The van der Waals surface area contributed by atoms with Gasteiger partial charge in [0, 0.05) is 18.3 Å². The summed E-state index contributed by atoms with van der Waals surface area (Å²) in [7, 11) is 1.64. The van der Waals surface area contributed by atoms with Gasteiger partial charge in [-0.2, -0.15) is 0 Å². The molecule has 8 heteroatoms. The largest absolute Gasteiger partial charge is 0.462 e. The number of amides is 2. The number of likely N-dealkylation sites (N-methyl/N-ethyl adjacent to an activating group) is 1. The van der Waals surface area contributed by atoms with E-state index in [1.807, 2.05) is 0 Å². The highest BCUT2D eigenvalue weighted by Gasteiger charge is 2.28. The highest BCUT2D eigenvalue weighted by molar-refractivity contribution is 8.26. The number of carbonyl (C=O) groups is 3. The molecule has 29 heavy (non-hydrogen) atoms. The SMILES string of the molecule is CCOC(=O)c1ccc(NC(=O)c2ccc(/C=C3\SC(=S)N(C)C3=O)cc2)cc1. The third-order valence-electron chi connectivity index (χ3n) is 4.11. The first-order valence-electron chi connectivity index (χ1n) is 8.79. The summed E-state index contributed by atoms with van der Waals surface area (Å²) in [4.78, 5) is 38.1. The van der Waals surface area contributed by atoms with E-state index in [1.165, 1.54) is 16.7 Å². The molecule has 2 aromatic rings. The highest BCUT2D eigenvalue weighted by atomic mass is 32.2. The first kappa shape index (κ1) is 20.8. The lowest BCUT2D eigenvalue weighted by Crippen LogP contribution is -2.22. The zero-order valence-electron chi connectivity index (χ0n) is 15.8. The molecule has 3 rings (SSSR count). The zero-order chi connectivity index (χ0) is 21.0. The second kappa shape index (κ2) is 9.02. The predicted molar refractivity (Wildman–Crippen MR) is 118 cm³/mol. The molecule has 0 aromatic heterocycles. The van der Waals surface area contributed by atoms with Crippen LogP contribution in [-0.2, 0) is 9.53 Å². The van der Waals surface area contributed by atoms with Gasteiger partial charge in [-0.15, -0.1) is 0 Å². The van der Waals surface area contributed by atoms with Crippen LogP contribution in [0, 0.1) is 0 Å². The van der Waals surface area contributed by atoms with Gasteiger partial charge in [0.15, 0.2) is 0 Å². The van der Waals surface area contributed by atoms with Gasteiger partial charge in [0.1, 0.15) is 4.32 Å². The fourth-order valence-corrected chi connectivity index (χ4v) is 3.71. The predicted octanol–water partition coefficient (Wildman–Crippen LogP) is 3.95. The smallest absolute Gasteiger partial charge is 0.338 e. The molecule has 0 atom stereocenters. The van der Waals surface area contributed by atoms with Crippen LogP contribution in [0.4, 0.5) is 5.69 Å².